The van der Waals surface area contributed by atoms with Crippen LogP contribution in [0.25, 0.3) is 10.8 Å². The average molecular weight is 431 g/mol. The van der Waals surface area contributed by atoms with Gasteiger partial charge in [0.1, 0.15) is 29.9 Å². The number of aromatic nitrogens is 2. The number of hydrogen-bond donors (Lipinski definition) is 3. The molecule has 2 aliphatic rings. The molecule has 0 bridgehead atoms. The van der Waals surface area contributed by atoms with Crippen molar-refractivity contribution in [3.05, 3.63) is 22.6 Å². The van der Waals surface area contributed by atoms with E-state index < -0.39 is 41.5 Å². The number of aliphatic hydroxyl groups is 1. The lowest BCUT2D eigenvalue weighted by Gasteiger charge is -2.30. The molecule has 0 spiro atoms. The van der Waals surface area contributed by atoms with E-state index in [0.717, 1.165) is 0 Å². The molecule has 4 atom stereocenters. The Labute approximate surface area is 175 Å². The van der Waals surface area contributed by atoms with Crippen LogP contribution in [0.1, 0.15) is 27.0 Å². The Morgan fingerprint density at radius 3 is 2.81 bits per heavy atom. The van der Waals surface area contributed by atoms with Crippen molar-refractivity contribution in [2.24, 2.45) is 4.99 Å². The number of esters is 2. The lowest BCUT2D eigenvalue weighted by molar-refractivity contribution is -0.162. The first kappa shape index (κ1) is 20.8. The van der Waals surface area contributed by atoms with Gasteiger partial charge in [0.15, 0.2) is 12.3 Å². The van der Waals surface area contributed by atoms with Gasteiger partial charge in [-0.3, -0.25) is 14.4 Å². The SMILES string of the molecule is CC(=O)OC[C@H]1O[C@@H](n2cc3c(N)cc(=O)nc4c3c2N=CN4)[C@@](C)(O)[C@@H]1OC(C)=O. The maximum absolute atomic E-state index is 11.9. The minimum atomic E-state index is -1.73. The minimum absolute atomic E-state index is 0.170. The fraction of sp³-hybridized carbons (Fsp3) is 0.421. The molecular formula is C19H21N5O7. The quantitative estimate of drug-likeness (QED) is 0.569. The van der Waals surface area contributed by atoms with Crippen molar-refractivity contribution in [3.63, 3.8) is 0 Å². The zero-order valence-corrected chi connectivity index (χ0v) is 17.0. The van der Waals surface area contributed by atoms with Crippen LogP contribution in [-0.2, 0) is 23.8 Å². The number of nitrogen functional groups attached to an aromatic ring is 1. The monoisotopic (exact) mass is 431 g/mol. The number of ether oxygens (including phenoxy) is 3. The first-order valence-corrected chi connectivity index (χ1v) is 9.42. The molecule has 4 N–H and O–H groups in total. The van der Waals surface area contributed by atoms with Gasteiger partial charge in [0.05, 0.1) is 11.7 Å². The average Bonchev–Trinajstić information content (AvgIpc) is 3.12. The lowest BCUT2D eigenvalue weighted by Crippen LogP contribution is -2.47. The molecule has 0 radical (unpaired) electrons. The van der Waals surface area contributed by atoms with Gasteiger partial charge in [0.25, 0.3) is 5.56 Å². The van der Waals surface area contributed by atoms with Crippen molar-refractivity contribution in [3.8, 4) is 0 Å². The summed E-state index contributed by atoms with van der Waals surface area (Å²) in [7, 11) is 0. The largest absolute Gasteiger partial charge is 0.463 e. The number of nitrogens with zero attached hydrogens (tertiary/aromatic N) is 3. The van der Waals surface area contributed by atoms with Crippen LogP contribution < -0.4 is 16.6 Å². The second-order valence-corrected chi connectivity index (χ2v) is 7.53. The molecule has 0 saturated carbocycles. The summed E-state index contributed by atoms with van der Waals surface area (Å²) in [4.78, 5) is 43.1. The molecule has 2 aromatic heterocycles. The number of carbonyl (C=O) groups excluding carboxylic acids is 2. The van der Waals surface area contributed by atoms with Gasteiger partial charge in [0, 0.05) is 37.2 Å². The van der Waals surface area contributed by atoms with Crippen molar-refractivity contribution in [1.82, 2.24) is 9.55 Å². The van der Waals surface area contributed by atoms with E-state index in [2.05, 4.69) is 15.3 Å². The maximum atomic E-state index is 11.9. The molecule has 2 aromatic rings. The summed E-state index contributed by atoms with van der Waals surface area (Å²) in [6.45, 7) is 3.65. The van der Waals surface area contributed by atoms with E-state index in [1.54, 1.807) is 6.20 Å². The number of nitrogens with two attached hydrogens (primary N) is 1. The van der Waals surface area contributed by atoms with Gasteiger partial charge < -0.3 is 34.9 Å². The minimum Gasteiger partial charge on any atom is -0.463 e. The number of anilines is 2. The number of carbonyl (C=O) groups is 2. The summed E-state index contributed by atoms with van der Waals surface area (Å²) < 4.78 is 17.9. The Bertz CT molecular complexity index is 1170. The molecule has 0 amide bonds. The highest BCUT2D eigenvalue weighted by Gasteiger charge is 2.56. The van der Waals surface area contributed by atoms with E-state index >= 15 is 0 Å². The second kappa shape index (κ2) is 7.32. The van der Waals surface area contributed by atoms with Crippen LogP contribution in [0.3, 0.4) is 0 Å². The summed E-state index contributed by atoms with van der Waals surface area (Å²) in [6.07, 6.45) is -0.223. The van der Waals surface area contributed by atoms with E-state index in [4.69, 9.17) is 19.9 Å². The van der Waals surface area contributed by atoms with Gasteiger partial charge >= 0.3 is 11.9 Å². The molecule has 164 valence electrons. The molecular weight excluding hydrogens is 410 g/mol. The zero-order chi connectivity index (χ0) is 22.5. The Balaban J connectivity index is 1.85. The highest BCUT2D eigenvalue weighted by Crippen LogP contribution is 2.46. The van der Waals surface area contributed by atoms with Crippen LogP contribution in [0.4, 0.5) is 17.3 Å². The third kappa shape index (κ3) is 3.49. The third-order valence-corrected chi connectivity index (χ3v) is 5.16. The first-order chi connectivity index (χ1) is 14.6. The molecule has 12 heteroatoms. The number of rotatable bonds is 4. The molecule has 4 rings (SSSR count). The molecule has 0 aromatic carbocycles. The summed E-state index contributed by atoms with van der Waals surface area (Å²) >= 11 is 0. The summed E-state index contributed by atoms with van der Waals surface area (Å²) in [5.74, 6) is -0.589. The van der Waals surface area contributed by atoms with Gasteiger partial charge in [-0.15, -0.1) is 0 Å². The zero-order valence-electron chi connectivity index (χ0n) is 17.0. The van der Waals surface area contributed by atoms with Crippen LogP contribution >= 0.6 is 0 Å². The Kier molecular flexibility index (Phi) is 4.90. The van der Waals surface area contributed by atoms with Crippen LogP contribution in [0.15, 0.2) is 22.1 Å². The van der Waals surface area contributed by atoms with Gasteiger partial charge in [-0.2, -0.15) is 4.98 Å². The van der Waals surface area contributed by atoms with Crippen LogP contribution in [-0.4, -0.2) is 57.4 Å². The standard InChI is InChI=1S/C19H21N5O7/c1-8(25)29-6-12-15(30-9(2)26)19(3,28)18(31-12)24-5-10-11(20)4-13(27)23-16-14(10)17(24)22-7-21-16/h4-5,7,12,15,18,28H,6,20H2,1-3H3,(H,21,22,23,27)/t12-,15-,18-,19+/m1/s1. The van der Waals surface area contributed by atoms with E-state index in [1.807, 2.05) is 0 Å². The molecule has 0 aliphatic carbocycles. The second-order valence-electron chi connectivity index (χ2n) is 7.53. The maximum Gasteiger partial charge on any atom is 0.303 e. The summed E-state index contributed by atoms with van der Waals surface area (Å²) in [5.41, 5.74) is 3.99. The molecule has 2 aliphatic heterocycles. The molecule has 1 saturated heterocycles. The Morgan fingerprint density at radius 2 is 2.13 bits per heavy atom. The smallest absolute Gasteiger partial charge is 0.303 e. The molecule has 31 heavy (non-hydrogen) atoms. The highest BCUT2D eigenvalue weighted by molar-refractivity contribution is 6.10. The van der Waals surface area contributed by atoms with E-state index in [0.29, 0.717) is 16.6 Å². The van der Waals surface area contributed by atoms with Gasteiger partial charge in [0.2, 0.25) is 0 Å². The fourth-order valence-electron chi connectivity index (χ4n) is 3.88. The van der Waals surface area contributed by atoms with Gasteiger partial charge in [-0.1, -0.05) is 0 Å². The van der Waals surface area contributed by atoms with Crippen molar-refractivity contribution >= 4 is 46.4 Å². The molecule has 12 nitrogen and oxygen atoms in total. The lowest BCUT2D eigenvalue weighted by atomic mass is 9.96. The number of hydrogen-bond acceptors (Lipinski definition) is 11. The Morgan fingerprint density at radius 1 is 1.39 bits per heavy atom. The van der Waals surface area contributed by atoms with Crippen LogP contribution in [0.5, 0.6) is 0 Å². The Hall–Kier alpha value is -3.51. The van der Waals surface area contributed by atoms with E-state index in [1.165, 1.54) is 37.7 Å². The van der Waals surface area contributed by atoms with Crippen LogP contribution in [0.2, 0.25) is 0 Å². The fourth-order valence-corrected chi connectivity index (χ4v) is 3.88. The van der Waals surface area contributed by atoms with Crippen molar-refractivity contribution < 1.29 is 28.9 Å². The van der Waals surface area contributed by atoms with Gasteiger partial charge in [-0.05, 0) is 6.92 Å². The van der Waals surface area contributed by atoms with Crippen LogP contribution in [0, 0.1) is 0 Å². The highest BCUT2D eigenvalue weighted by atomic mass is 16.6. The van der Waals surface area contributed by atoms with Crippen molar-refractivity contribution in [2.75, 3.05) is 17.7 Å². The molecule has 4 heterocycles. The van der Waals surface area contributed by atoms with E-state index in [9.17, 15) is 19.5 Å². The van der Waals surface area contributed by atoms with Gasteiger partial charge in [-0.25, -0.2) is 4.99 Å². The normalized spacial score (nSPS) is 26.5. The topological polar surface area (TPSA) is 167 Å². The van der Waals surface area contributed by atoms with E-state index in [-0.39, 0.29) is 18.1 Å². The molecule has 0 unspecified atom stereocenters. The number of aliphatic imine (C=N–C) groups is 1. The summed E-state index contributed by atoms with van der Waals surface area (Å²) in [5, 5.41) is 15.1. The summed E-state index contributed by atoms with van der Waals surface area (Å²) in [6, 6.07) is 1.19. The predicted octanol–water partition coefficient (Wildman–Crippen LogP) is 0.207. The predicted molar refractivity (Wildman–Crippen MR) is 109 cm³/mol. The third-order valence-electron chi connectivity index (χ3n) is 5.16. The number of nitrogens with one attached hydrogen (secondary N) is 1. The first-order valence-electron chi connectivity index (χ1n) is 9.42. The molecule has 1 fully saturated rings. The van der Waals surface area contributed by atoms with Crippen molar-refractivity contribution in [1.29, 1.82) is 0 Å². The van der Waals surface area contributed by atoms with Crippen molar-refractivity contribution in [2.45, 2.75) is 44.8 Å².